The standard InChI is InChI=1S/C16H15NO4S/c1-21-16(19)12-6-3-5-11(9-12)15(18)17-13-7-4-8-14(10-13)22(2)20/h3-10H,1-2H3,(H,17,18)/t22-/m1/s1. The Balaban J connectivity index is 2.20. The quantitative estimate of drug-likeness (QED) is 0.879. The third kappa shape index (κ3) is 3.79. The van der Waals surface area contributed by atoms with Crippen LogP contribution in [0.4, 0.5) is 5.69 Å². The lowest BCUT2D eigenvalue weighted by atomic mass is 10.1. The number of carbonyl (C=O) groups is 2. The molecule has 2 aromatic rings. The summed E-state index contributed by atoms with van der Waals surface area (Å²) in [4.78, 5) is 24.3. The molecule has 0 spiro atoms. The van der Waals surface area contributed by atoms with E-state index in [1.54, 1.807) is 48.7 Å². The molecule has 0 saturated carbocycles. The first-order chi connectivity index (χ1) is 10.5. The molecule has 22 heavy (non-hydrogen) atoms. The molecule has 1 amide bonds. The highest BCUT2D eigenvalue weighted by molar-refractivity contribution is 7.84. The van der Waals surface area contributed by atoms with Gasteiger partial charge in [-0.1, -0.05) is 12.1 Å². The minimum Gasteiger partial charge on any atom is -0.465 e. The lowest BCUT2D eigenvalue weighted by molar-refractivity contribution is 0.0600. The molecule has 2 aromatic carbocycles. The summed E-state index contributed by atoms with van der Waals surface area (Å²) in [7, 11) is 0.161. The molecule has 0 unspecified atom stereocenters. The van der Waals surface area contributed by atoms with Crippen LogP contribution in [0.25, 0.3) is 0 Å². The van der Waals surface area contributed by atoms with E-state index in [9.17, 15) is 13.8 Å². The average Bonchev–Trinajstić information content (AvgIpc) is 2.54. The molecule has 1 atom stereocenters. The average molecular weight is 317 g/mol. The number of benzene rings is 2. The maximum atomic E-state index is 12.2. The van der Waals surface area contributed by atoms with Crippen molar-refractivity contribution in [1.82, 2.24) is 0 Å². The molecule has 114 valence electrons. The van der Waals surface area contributed by atoms with Crippen LogP contribution in [0.3, 0.4) is 0 Å². The van der Waals surface area contributed by atoms with Gasteiger partial charge in [-0.25, -0.2) is 4.79 Å². The second kappa shape index (κ2) is 7.00. The first kappa shape index (κ1) is 15.9. The van der Waals surface area contributed by atoms with Crippen LogP contribution < -0.4 is 5.32 Å². The molecule has 0 saturated heterocycles. The van der Waals surface area contributed by atoms with Crippen LogP contribution in [-0.4, -0.2) is 29.5 Å². The van der Waals surface area contributed by atoms with E-state index < -0.39 is 16.8 Å². The van der Waals surface area contributed by atoms with Crippen LogP contribution in [0.2, 0.25) is 0 Å². The normalized spacial score (nSPS) is 11.5. The van der Waals surface area contributed by atoms with Gasteiger partial charge in [0, 0.05) is 33.2 Å². The first-order valence-electron chi connectivity index (χ1n) is 6.44. The zero-order chi connectivity index (χ0) is 16.1. The molecule has 0 aliphatic carbocycles. The van der Waals surface area contributed by atoms with Crippen molar-refractivity contribution in [2.75, 3.05) is 18.7 Å². The number of methoxy groups -OCH3 is 1. The molecule has 0 radical (unpaired) electrons. The van der Waals surface area contributed by atoms with Crippen molar-refractivity contribution in [2.45, 2.75) is 4.90 Å². The summed E-state index contributed by atoms with van der Waals surface area (Å²) in [5.41, 5.74) is 1.19. The molecule has 0 aliphatic heterocycles. The third-order valence-corrected chi connectivity index (χ3v) is 3.89. The summed E-state index contributed by atoms with van der Waals surface area (Å²) in [6, 6.07) is 13.0. The lowest BCUT2D eigenvalue weighted by Gasteiger charge is -2.07. The highest BCUT2D eigenvalue weighted by Gasteiger charge is 2.11. The van der Waals surface area contributed by atoms with Crippen molar-refractivity contribution >= 4 is 28.4 Å². The summed E-state index contributed by atoms with van der Waals surface area (Å²) in [6.07, 6.45) is 1.57. The number of hydrogen-bond acceptors (Lipinski definition) is 4. The predicted octanol–water partition coefficient (Wildman–Crippen LogP) is 2.46. The van der Waals surface area contributed by atoms with Crippen molar-refractivity contribution in [2.24, 2.45) is 0 Å². The Morgan fingerprint density at radius 1 is 1.05 bits per heavy atom. The highest BCUT2D eigenvalue weighted by atomic mass is 32.2. The van der Waals surface area contributed by atoms with Crippen molar-refractivity contribution in [3.63, 3.8) is 0 Å². The SMILES string of the molecule is COC(=O)c1cccc(C(=O)Nc2cccc([S@@](C)=O)c2)c1. The second-order valence-corrected chi connectivity index (χ2v) is 5.89. The van der Waals surface area contributed by atoms with Crippen molar-refractivity contribution in [1.29, 1.82) is 0 Å². The van der Waals surface area contributed by atoms with Gasteiger partial charge in [-0.3, -0.25) is 9.00 Å². The largest absolute Gasteiger partial charge is 0.465 e. The van der Waals surface area contributed by atoms with Gasteiger partial charge in [-0.2, -0.15) is 0 Å². The zero-order valence-corrected chi connectivity index (χ0v) is 13.0. The number of carbonyl (C=O) groups excluding carboxylic acids is 2. The van der Waals surface area contributed by atoms with E-state index in [2.05, 4.69) is 10.1 Å². The molecule has 0 aliphatic rings. The van der Waals surface area contributed by atoms with Crippen molar-refractivity contribution in [3.05, 3.63) is 59.7 Å². The molecule has 0 fully saturated rings. The van der Waals surface area contributed by atoms with Crippen LogP contribution in [0.1, 0.15) is 20.7 Å². The number of ether oxygens (including phenoxy) is 1. The monoisotopic (exact) mass is 317 g/mol. The van der Waals surface area contributed by atoms with E-state index in [-0.39, 0.29) is 5.91 Å². The van der Waals surface area contributed by atoms with E-state index >= 15 is 0 Å². The van der Waals surface area contributed by atoms with Crippen LogP contribution in [0.15, 0.2) is 53.4 Å². The summed E-state index contributed by atoms with van der Waals surface area (Å²) in [5, 5.41) is 2.71. The van der Waals surface area contributed by atoms with Crippen LogP contribution >= 0.6 is 0 Å². The minimum absolute atomic E-state index is 0.304. The van der Waals surface area contributed by atoms with Crippen LogP contribution in [0, 0.1) is 0 Å². The van der Waals surface area contributed by atoms with Gasteiger partial charge in [-0.05, 0) is 36.4 Å². The Morgan fingerprint density at radius 3 is 2.41 bits per heavy atom. The fourth-order valence-electron chi connectivity index (χ4n) is 1.86. The van der Waals surface area contributed by atoms with Gasteiger partial charge in [-0.15, -0.1) is 0 Å². The molecule has 0 heterocycles. The summed E-state index contributed by atoms with van der Waals surface area (Å²) >= 11 is 0. The van der Waals surface area contributed by atoms with Gasteiger partial charge in [0.25, 0.3) is 5.91 Å². The number of nitrogens with one attached hydrogen (secondary N) is 1. The molecule has 2 rings (SSSR count). The first-order valence-corrected chi connectivity index (χ1v) is 8.00. The zero-order valence-electron chi connectivity index (χ0n) is 12.2. The molecular formula is C16H15NO4S. The van der Waals surface area contributed by atoms with Gasteiger partial charge in [0.1, 0.15) is 0 Å². The Kier molecular flexibility index (Phi) is 5.06. The molecular weight excluding hydrogens is 302 g/mol. The second-order valence-electron chi connectivity index (χ2n) is 4.51. The minimum atomic E-state index is -1.12. The summed E-state index contributed by atoms with van der Waals surface area (Å²) in [6.45, 7) is 0. The van der Waals surface area contributed by atoms with E-state index in [0.717, 1.165) is 0 Å². The Hall–Kier alpha value is -2.47. The lowest BCUT2D eigenvalue weighted by Crippen LogP contribution is -2.13. The number of esters is 1. The Labute approximate surface area is 130 Å². The molecule has 6 heteroatoms. The van der Waals surface area contributed by atoms with Crippen LogP contribution in [0.5, 0.6) is 0 Å². The van der Waals surface area contributed by atoms with Crippen molar-refractivity contribution in [3.8, 4) is 0 Å². The van der Waals surface area contributed by atoms with Gasteiger partial charge >= 0.3 is 5.97 Å². The topological polar surface area (TPSA) is 72.5 Å². The van der Waals surface area contributed by atoms with E-state index in [1.807, 2.05) is 0 Å². The Morgan fingerprint density at radius 2 is 1.73 bits per heavy atom. The van der Waals surface area contributed by atoms with Crippen molar-refractivity contribution < 1.29 is 18.5 Å². The van der Waals surface area contributed by atoms with Crippen LogP contribution in [-0.2, 0) is 15.5 Å². The van der Waals surface area contributed by atoms with Gasteiger partial charge in [0.05, 0.1) is 12.7 Å². The number of rotatable bonds is 4. The number of hydrogen-bond donors (Lipinski definition) is 1. The summed E-state index contributed by atoms with van der Waals surface area (Å²) < 4.78 is 16.1. The third-order valence-electron chi connectivity index (χ3n) is 2.97. The van der Waals surface area contributed by atoms with E-state index in [0.29, 0.717) is 21.7 Å². The molecule has 1 N–H and O–H groups in total. The van der Waals surface area contributed by atoms with E-state index in [4.69, 9.17) is 0 Å². The number of amides is 1. The van der Waals surface area contributed by atoms with Gasteiger partial charge in [0.15, 0.2) is 0 Å². The van der Waals surface area contributed by atoms with Gasteiger partial charge < -0.3 is 10.1 Å². The fraction of sp³-hybridized carbons (Fsp3) is 0.125. The fourth-order valence-corrected chi connectivity index (χ4v) is 2.42. The summed E-state index contributed by atoms with van der Waals surface area (Å²) in [5.74, 6) is -0.859. The molecule has 5 nitrogen and oxygen atoms in total. The maximum Gasteiger partial charge on any atom is 0.337 e. The Bertz CT molecular complexity index is 742. The maximum absolute atomic E-state index is 12.2. The smallest absolute Gasteiger partial charge is 0.337 e. The van der Waals surface area contributed by atoms with E-state index in [1.165, 1.54) is 13.2 Å². The molecule has 0 bridgehead atoms. The highest BCUT2D eigenvalue weighted by Crippen LogP contribution is 2.15. The van der Waals surface area contributed by atoms with Gasteiger partial charge in [0.2, 0.25) is 0 Å². The number of anilines is 1. The predicted molar refractivity (Wildman–Crippen MR) is 84.5 cm³/mol. The molecule has 0 aromatic heterocycles.